The number of nitrogens with one attached hydrogen (secondary N) is 2. The molecule has 4 amide bonds. The molecule has 0 saturated carbocycles. The number of hydrogen-bond acceptors (Lipinski definition) is 5. The lowest BCUT2D eigenvalue weighted by molar-refractivity contribution is -0.133. The van der Waals surface area contributed by atoms with Crippen molar-refractivity contribution in [3.63, 3.8) is 0 Å². The van der Waals surface area contributed by atoms with Gasteiger partial charge in [0.25, 0.3) is 5.91 Å². The van der Waals surface area contributed by atoms with E-state index in [0.717, 1.165) is 10.5 Å². The lowest BCUT2D eigenvalue weighted by Gasteiger charge is -2.22. The summed E-state index contributed by atoms with van der Waals surface area (Å²) in [5.41, 5.74) is 0.140. The van der Waals surface area contributed by atoms with E-state index in [-0.39, 0.29) is 0 Å². The maximum atomic E-state index is 12.9. The Morgan fingerprint density at radius 1 is 1.26 bits per heavy atom. The predicted octanol–water partition coefficient (Wildman–Crippen LogP) is 1.80. The molecule has 8 heteroatoms. The van der Waals surface area contributed by atoms with Crippen LogP contribution < -0.4 is 15.4 Å². The molecule has 1 aliphatic rings. The van der Waals surface area contributed by atoms with Crippen LogP contribution in [0.4, 0.5) is 10.6 Å². The summed E-state index contributed by atoms with van der Waals surface area (Å²) in [7, 11) is 1.54. The molecule has 1 aromatic carbocycles. The summed E-state index contributed by atoms with van der Waals surface area (Å²) in [6, 6.07) is 9.76. The van der Waals surface area contributed by atoms with Crippen molar-refractivity contribution in [2.24, 2.45) is 0 Å². The summed E-state index contributed by atoms with van der Waals surface area (Å²) < 4.78 is 5.11. The van der Waals surface area contributed by atoms with E-state index < -0.39 is 29.9 Å². The molecule has 1 saturated heterocycles. The molecule has 3 rings (SSSR count). The van der Waals surface area contributed by atoms with Gasteiger partial charge in [-0.2, -0.15) is 0 Å². The summed E-state index contributed by atoms with van der Waals surface area (Å²) in [6.07, 6.45) is 1.55. The molecule has 0 aliphatic carbocycles. The fourth-order valence-corrected chi connectivity index (χ4v) is 2.89. The molecule has 1 atom stereocenters. The van der Waals surface area contributed by atoms with Crippen LogP contribution >= 0.6 is 0 Å². The number of pyridine rings is 1. The number of amides is 4. The van der Waals surface area contributed by atoms with Crippen LogP contribution in [-0.2, 0) is 15.1 Å². The normalized spacial score (nSPS) is 19.0. The van der Waals surface area contributed by atoms with Crippen LogP contribution in [0.2, 0.25) is 0 Å². The van der Waals surface area contributed by atoms with Crippen LogP contribution in [0.3, 0.4) is 0 Å². The molecule has 0 bridgehead atoms. The van der Waals surface area contributed by atoms with E-state index in [1.165, 1.54) is 0 Å². The Bertz CT molecular complexity index is 897. The third kappa shape index (κ3) is 3.46. The first kappa shape index (κ1) is 18.4. The van der Waals surface area contributed by atoms with Crippen LogP contribution in [0.5, 0.6) is 5.75 Å². The number of carbonyl (C=O) groups excluding carboxylic acids is 3. The number of aryl methyl sites for hydroxylation is 1. The van der Waals surface area contributed by atoms with E-state index >= 15 is 0 Å². The lowest BCUT2D eigenvalue weighted by atomic mass is 9.92. The molecule has 2 N–H and O–H groups in total. The summed E-state index contributed by atoms with van der Waals surface area (Å²) >= 11 is 0. The van der Waals surface area contributed by atoms with Crippen molar-refractivity contribution in [2.45, 2.75) is 19.4 Å². The lowest BCUT2D eigenvalue weighted by Crippen LogP contribution is -2.42. The molecule has 1 aromatic heterocycles. The Kier molecular flexibility index (Phi) is 4.81. The van der Waals surface area contributed by atoms with Crippen molar-refractivity contribution in [2.75, 3.05) is 19.0 Å². The average molecular weight is 368 g/mol. The molecule has 1 unspecified atom stereocenters. The van der Waals surface area contributed by atoms with E-state index in [0.29, 0.717) is 17.1 Å². The largest absolute Gasteiger partial charge is 0.497 e. The molecule has 140 valence electrons. The number of benzene rings is 1. The fraction of sp³-hybridized carbons (Fsp3) is 0.263. The van der Waals surface area contributed by atoms with Crippen molar-refractivity contribution in [1.82, 2.24) is 15.2 Å². The van der Waals surface area contributed by atoms with Crippen molar-refractivity contribution in [3.05, 3.63) is 53.7 Å². The highest BCUT2D eigenvalue weighted by molar-refractivity contribution is 6.10. The van der Waals surface area contributed by atoms with Crippen LogP contribution in [0.25, 0.3) is 0 Å². The molecule has 1 fully saturated rings. The number of aromatic nitrogens is 1. The second kappa shape index (κ2) is 7.06. The minimum absolute atomic E-state index is 0.396. The second-order valence-corrected chi connectivity index (χ2v) is 6.39. The van der Waals surface area contributed by atoms with Gasteiger partial charge in [0.05, 0.1) is 7.11 Å². The Balaban J connectivity index is 1.75. The fourth-order valence-electron chi connectivity index (χ4n) is 2.89. The molecule has 27 heavy (non-hydrogen) atoms. The van der Waals surface area contributed by atoms with Gasteiger partial charge in [-0.3, -0.25) is 14.5 Å². The van der Waals surface area contributed by atoms with Crippen LogP contribution in [-0.4, -0.2) is 41.4 Å². The Labute approximate surface area is 156 Å². The van der Waals surface area contributed by atoms with E-state index in [1.807, 2.05) is 0 Å². The van der Waals surface area contributed by atoms with Crippen molar-refractivity contribution < 1.29 is 19.1 Å². The van der Waals surface area contributed by atoms with E-state index in [2.05, 4.69) is 15.6 Å². The average Bonchev–Trinajstić information content (AvgIpc) is 2.88. The minimum Gasteiger partial charge on any atom is -0.497 e. The number of urea groups is 1. The predicted molar refractivity (Wildman–Crippen MR) is 98.2 cm³/mol. The van der Waals surface area contributed by atoms with Gasteiger partial charge in [-0.05, 0) is 43.2 Å². The van der Waals surface area contributed by atoms with Gasteiger partial charge in [0.15, 0.2) is 0 Å². The number of anilines is 1. The number of imide groups is 1. The van der Waals surface area contributed by atoms with Gasteiger partial charge in [-0.1, -0.05) is 18.2 Å². The molecule has 8 nitrogen and oxygen atoms in total. The van der Waals surface area contributed by atoms with Crippen molar-refractivity contribution in [3.8, 4) is 5.75 Å². The topological polar surface area (TPSA) is 101 Å². The molecule has 2 heterocycles. The van der Waals surface area contributed by atoms with Gasteiger partial charge in [-0.15, -0.1) is 0 Å². The van der Waals surface area contributed by atoms with E-state index in [9.17, 15) is 14.4 Å². The monoisotopic (exact) mass is 368 g/mol. The van der Waals surface area contributed by atoms with Gasteiger partial charge in [0.2, 0.25) is 5.91 Å². The molecular weight excluding hydrogens is 348 g/mol. The molecular formula is C19H20N4O4. The van der Waals surface area contributed by atoms with Crippen LogP contribution in [0, 0.1) is 6.92 Å². The highest BCUT2D eigenvalue weighted by Gasteiger charge is 2.49. The van der Waals surface area contributed by atoms with Crippen LogP contribution in [0.15, 0.2) is 42.6 Å². The summed E-state index contributed by atoms with van der Waals surface area (Å²) in [5, 5.41) is 5.29. The number of rotatable bonds is 5. The molecule has 1 aliphatic heterocycles. The number of carbonyl (C=O) groups is 3. The van der Waals surface area contributed by atoms with Crippen molar-refractivity contribution in [1.29, 1.82) is 0 Å². The molecule has 2 aromatic rings. The first-order valence-electron chi connectivity index (χ1n) is 8.35. The van der Waals surface area contributed by atoms with Gasteiger partial charge in [0, 0.05) is 6.20 Å². The minimum atomic E-state index is -1.25. The second-order valence-electron chi connectivity index (χ2n) is 6.39. The number of ether oxygens (including phenoxy) is 1. The quantitative estimate of drug-likeness (QED) is 0.784. The van der Waals surface area contributed by atoms with E-state index in [4.69, 9.17) is 4.74 Å². The first-order valence-corrected chi connectivity index (χ1v) is 8.35. The standard InChI is InChI=1S/C19H20N4O4/c1-12-5-4-10-20-16(12)21-15(24)11-23-17(25)19(2,22-18(23)26)13-6-8-14(27-3)9-7-13/h4-10H,11H2,1-3H3,(H,22,26)(H,20,21,24). The van der Waals surface area contributed by atoms with Gasteiger partial charge in [0.1, 0.15) is 23.7 Å². The zero-order valence-electron chi connectivity index (χ0n) is 15.3. The van der Waals surface area contributed by atoms with Gasteiger partial charge in [-0.25, -0.2) is 9.78 Å². The maximum absolute atomic E-state index is 12.9. The third-order valence-corrected chi connectivity index (χ3v) is 4.51. The summed E-state index contributed by atoms with van der Waals surface area (Å²) in [5.74, 6) is 0.0402. The zero-order chi connectivity index (χ0) is 19.6. The molecule has 0 spiro atoms. The Hall–Kier alpha value is -3.42. The number of hydrogen-bond donors (Lipinski definition) is 2. The Morgan fingerprint density at radius 2 is 1.96 bits per heavy atom. The maximum Gasteiger partial charge on any atom is 0.325 e. The highest BCUT2D eigenvalue weighted by Crippen LogP contribution is 2.30. The smallest absolute Gasteiger partial charge is 0.325 e. The first-order chi connectivity index (χ1) is 12.8. The third-order valence-electron chi connectivity index (χ3n) is 4.51. The zero-order valence-corrected chi connectivity index (χ0v) is 15.3. The SMILES string of the molecule is COc1ccc(C2(C)NC(=O)N(CC(=O)Nc3ncccc3C)C2=O)cc1. The summed E-state index contributed by atoms with van der Waals surface area (Å²) in [6.45, 7) is 3.01. The van der Waals surface area contributed by atoms with Crippen LogP contribution in [0.1, 0.15) is 18.1 Å². The van der Waals surface area contributed by atoms with Crippen molar-refractivity contribution >= 4 is 23.7 Å². The van der Waals surface area contributed by atoms with Gasteiger partial charge >= 0.3 is 6.03 Å². The Morgan fingerprint density at radius 3 is 2.59 bits per heavy atom. The van der Waals surface area contributed by atoms with Gasteiger partial charge < -0.3 is 15.4 Å². The van der Waals surface area contributed by atoms with E-state index in [1.54, 1.807) is 63.6 Å². The molecule has 0 radical (unpaired) electrons. The number of nitrogens with zero attached hydrogens (tertiary/aromatic N) is 2. The summed E-state index contributed by atoms with van der Waals surface area (Å²) in [4.78, 5) is 42.5. The highest BCUT2D eigenvalue weighted by atomic mass is 16.5. The number of methoxy groups -OCH3 is 1.